The van der Waals surface area contributed by atoms with Crippen LogP contribution in [0.4, 0.5) is 5.69 Å². The highest BCUT2D eigenvalue weighted by molar-refractivity contribution is 6.03. The lowest BCUT2D eigenvalue weighted by molar-refractivity contribution is 0.0655. The number of benzene rings is 1. The number of anilines is 1. The van der Waals surface area contributed by atoms with E-state index in [0.717, 1.165) is 13.1 Å². The Bertz CT molecular complexity index is 703. The quantitative estimate of drug-likeness (QED) is 0.892. The number of hydrogen-bond donors (Lipinski definition) is 2. The second-order valence-corrected chi connectivity index (χ2v) is 5.56. The molecule has 1 atom stereocenters. The van der Waals surface area contributed by atoms with E-state index >= 15 is 0 Å². The molecule has 1 fully saturated rings. The molecule has 1 aliphatic rings. The molecule has 2 aromatic rings. The van der Waals surface area contributed by atoms with Crippen molar-refractivity contribution >= 4 is 29.9 Å². The van der Waals surface area contributed by atoms with Crippen LogP contribution in [0.1, 0.15) is 27.8 Å². The van der Waals surface area contributed by atoms with E-state index in [1.165, 1.54) is 6.26 Å². The summed E-state index contributed by atoms with van der Waals surface area (Å²) in [6.45, 7) is 4.29. The average Bonchev–Trinajstić information content (AvgIpc) is 3.09. The standard InChI is InChI=1S/C17H19N3O3.ClH/c1-12-11-18-7-8-20(12)17(22)13-4-2-5-14(10-13)19-16(21)15-6-3-9-23-15;/h2-6,9-10,12,18H,7-8,11H2,1H3,(H,19,21);1H. The third-order valence-electron chi connectivity index (χ3n) is 3.87. The molecule has 1 saturated heterocycles. The van der Waals surface area contributed by atoms with Crippen LogP contribution in [0.15, 0.2) is 47.1 Å². The minimum absolute atomic E-state index is 0. The number of piperazine rings is 1. The molecular weight excluding hydrogens is 330 g/mol. The molecule has 2 heterocycles. The normalized spacial score (nSPS) is 17.0. The predicted octanol–water partition coefficient (Wildman–Crippen LogP) is 2.39. The summed E-state index contributed by atoms with van der Waals surface area (Å²) in [5, 5.41) is 6.00. The van der Waals surface area contributed by atoms with Gasteiger partial charge in [-0.2, -0.15) is 0 Å². The van der Waals surface area contributed by atoms with E-state index in [-0.39, 0.29) is 36.0 Å². The first-order chi connectivity index (χ1) is 11.1. The molecule has 1 unspecified atom stereocenters. The molecule has 2 amide bonds. The summed E-state index contributed by atoms with van der Waals surface area (Å²) in [6.07, 6.45) is 1.45. The third-order valence-corrected chi connectivity index (χ3v) is 3.87. The molecule has 0 saturated carbocycles. The number of nitrogens with one attached hydrogen (secondary N) is 2. The van der Waals surface area contributed by atoms with Gasteiger partial charge in [-0.15, -0.1) is 12.4 Å². The maximum absolute atomic E-state index is 12.6. The number of halogens is 1. The number of nitrogens with zero attached hydrogens (tertiary/aromatic N) is 1. The zero-order valence-electron chi connectivity index (χ0n) is 13.3. The van der Waals surface area contributed by atoms with E-state index in [0.29, 0.717) is 17.8 Å². The molecule has 2 N–H and O–H groups in total. The van der Waals surface area contributed by atoms with Crippen LogP contribution in [0, 0.1) is 0 Å². The number of rotatable bonds is 3. The number of carbonyl (C=O) groups excluding carboxylic acids is 2. The molecular formula is C17H20ClN3O3. The van der Waals surface area contributed by atoms with Crippen LogP contribution in [0.2, 0.25) is 0 Å². The van der Waals surface area contributed by atoms with E-state index in [2.05, 4.69) is 10.6 Å². The fourth-order valence-electron chi connectivity index (χ4n) is 2.64. The van der Waals surface area contributed by atoms with Crippen molar-refractivity contribution in [3.05, 3.63) is 54.0 Å². The molecule has 0 spiro atoms. The van der Waals surface area contributed by atoms with Gasteiger partial charge in [0.05, 0.1) is 6.26 Å². The summed E-state index contributed by atoms with van der Waals surface area (Å²) >= 11 is 0. The van der Waals surface area contributed by atoms with Gasteiger partial charge in [0.25, 0.3) is 11.8 Å². The topological polar surface area (TPSA) is 74.6 Å². The van der Waals surface area contributed by atoms with Gasteiger partial charge in [0.2, 0.25) is 0 Å². The smallest absolute Gasteiger partial charge is 0.291 e. The fourth-order valence-corrected chi connectivity index (χ4v) is 2.64. The lowest BCUT2D eigenvalue weighted by Crippen LogP contribution is -2.52. The maximum Gasteiger partial charge on any atom is 0.291 e. The van der Waals surface area contributed by atoms with Crippen molar-refractivity contribution in [2.75, 3.05) is 25.0 Å². The second-order valence-electron chi connectivity index (χ2n) is 5.56. The third kappa shape index (κ3) is 3.96. The maximum atomic E-state index is 12.6. The van der Waals surface area contributed by atoms with Gasteiger partial charge >= 0.3 is 0 Å². The van der Waals surface area contributed by atoms with Crippen LogP contribution < -0.4 is 10.6 Å². The summed E-state index contributed by atoms with van der Waals surface area (Å²) in [5.74, 6) is -0.124. The van der Waals surface area contributed by atoms with Crippen molar-refractivity contribution in [2.45, 2.75) is 13.0 Å². The van der Waals surface area contributed by atoms with Gasteiger partial charge in [-0.3, -0.25) is 9.59 Å². The predicted molar refractivity (Wildman–Crippen MR) is 93.7 cm³/mol. The average molecular weight is 350 g/mol. The molecule has 1 aromatic carbocycles. The Morgan fingerprint density at radius 3 is 2.83 bits per heavy atom. The first-order valence-electron chi connectivity index (χ1n) is 7.62. The van der Waals surface area contributed by atoms with Gasteiger partial charge in [0.15, 0.2) is 5.76 Å². The minimum Gasteiger partial charge on any atom is -0.459 e. The first-order valence-corrected chi connectivity index (χ1v) is 7.62. The Labute approximate surface area is 146 Å². The Kier molecular flexibility index (Phi) is 6.00. The van der Waals surface area contributed by atoms with E-state index in [1.807, 2.05) is 11.8 Å². The van der Waals surface area contributed by atoms with Gasteiger partial charge in [-0.25, -0.2) is 0 Å². The van der Waals surface area contributed by atoms with Gasteiger partial charge < -0.3 is 20.0 Å². The highest BCUT2D eigenvalue weighted by Crippen LogP contribution is 2.16. The van der Waals surface area contributed by atoms with Crippen molar-refractivity contribution in [3.63, 3.8) is 0 Å². The van der Waals surface area contributed by atoms with Gasteiger partial charge in [-0.05, 0) is 37.3 Å². The zero-order valence-corrected chi connectivity index (χ0v) is 14.1. The second kappa shape index (κ2) is 7.99. The zero-order chi connectivity index (χ0) is 16.2. The summed E-state index contributed by atoms with van der Waals surface area (Å²) in [4.78, 5) is 26.5. The van der Waals surface area contributed by atoms with Crippen molar-refractivity contribution in [1.29, 1.82) is 0 Å². The van der Waals surface area contributed by atoms with Crippen LogP contribution in [0.25, 0.3) is 0 Å². The Balaban J connectivity index is 0.00000208. The fraction of sp³-hybridized carbons (Fsp3) is 0.294. The molecule has 128 valence electrons. The molecule has 24 heavy (non-hydrogen) atoms. The molecule has 3 rings (SSSR count). The highest BCUT2D eigenvalue weighted by Gasteiger charge is 2.24. The van der Waals surface area contributed by atoms with Crippen molar-refractivity contribution in [2.24, 2.45) is 0 Å². The SMILES string of the molecule is CC1CNCCN1C(=O)c1cccc(NC(=O)c2ccco2)c1.Cl. The van der Waals surface area contributed by atoms with Crippen LogP contribution in [0.3, 0.4) is 0 Å². The minimum atomic E-state index is -0.338. The highest BCUT2D eigenvalue weighted by atomic mass is 35.5. The molecule has 7 heteroatoms. The van der Waals surface area contributed by atoms with Gasteiger partial charge in [0, 0.05) is 36.9 Å². The van der Waals surface area contributed by atoms with Gasteiger partial charge in [-0.1, -0.05) is 6.07 Å². The number of amides is 2. The Morgan fingerprint density at radius 1 is 1.29 bits per heavy atom. The molecule has 1 aliphatic heterocycles. The molecule has 0 aliphatic carbocycles. The largest absolute Gasteiger partial charge is 0.459 e. The molecule has 0 radical (unpaired) electrons. The van der Waals surface area contributed by atoms with Crippen LogP contribution in [0.5, 0.6) is 0 Å². The molecule has 6 nitrogen and oxygen atoms in total. The van der Waals surface area contributed by atoms with Gasteiger partial charge in [0.1, 0.15) is 0 Å². The van der Waals surface area contributed by atoms with Crippen LogP contribution in [-0.2, 0) is 0 Å². The lowest BCUT2D eigenvalue weighted by Gasteiger charge is -2.34. The van der Waals surface area contributed by atoms with Crippen molar-refractivity contribution in [1.82, 2.24) is 10.2 Å². The molecule has 0 bridgehead atoms. The van der Waals surface area contributed by atoms with Crippen LogP contribution in [-0.4, -0.2) is 42.4 Å². The van der Waals surface area contributed by atoms with Crippen molar-refractivity contribution < 1.29 is 14.0 Å². The van der Waals surface area contributed by atoms with E-state index in [4.69, 9.17) is 4.42 Å². The number of carbonyl (C=O) groups is 2. The van der Waals surface area contributed by atoms with Crippen molar-refractivity contribution in [3.8, 4) is 0 Å². The summed E-state index contributed by atoms with van der Waals surface area (Å²) < 4.78 is 5.06. The number of hydrogen-bond acceptors (Lipinski definition) is 4. The van der Waals surface area contributed by atoms with E-state index in [1.54, 1.807) is 36.4 Å². The number of furan rings is 1. The first kappa shape index (κ1) is 18.0. The van der Waals surface area contributed by atoms with E-state index in [9.17, 15) is 9.59 Å². The summed E-state index contributed by atoms with van der Waals surface area (Å²) in [5.41, 5.74) is 1.14. The monoisotopic (exact) mass is 349 g/mol. The van der Waals surface area contributed by atoms with Crippen LogP contribution >= 0.6 is 12.4 Å². The molecule has 1 aromatic heterocycles. The lowest BCUT2D eigenvalue weighted by atomic mass is 10.1. The summed E-state index contributed by atoms with van der Waals surface area (Å²) in [7, 11) is 0. The summed E-state index contributed by atoms with van der Waals surface area (Å²) in [6, 6.07) is 10.4. The van der Waals surface area contributed by atoms with E-state index < -0.39 is 0 Å². The Morgan fingerprint density at radius 2 is 2.12 bits per heavy atom. The Hall–Kier alpha value is -2.31.